The molecule has 8 heavy (non-hydrogen) atoms. The van der Waals surface area contributed by atoms with E-state index in [4.69, 9.17) is 20.1 Å². The van der Waals surface area contributed by atoms with Gasteiger partial charge < -0.3 is 32.4 Å². The summed E-state index contributed by atoms with van der Waals surface area (Å²) < 4.78 is 0. The minimum absolute atomic E-state index is 0. The van der Waals surface area contributed by atoms with Crippen molar-refractivity contribution >= 4 is 6.16 Å². The van der Waals surface area contributed by atoms with Crippen LogP contribution in [0.25, 0.3) is 0 Å². The van der Waals surface area contributed by atoms with Gasteiger partial charge in [0.2, 0.25) is 6.16 Å². The first-order chi connectivity index (χ1) is 2.73. The van der Waals surface area contributed by atoms with E-state index in [-0.39, 0.29) is 12.3 Å². The quantitative estimate of drug-likeness (QED) is 0.367. The summed E-state index contributed by atoms with van der Waals surface area (Å²) in [6.07, 6.45) is -2.08. The molecule has 0 fully saturated rings. The van der Waals surface area contributed by atoms with E-state index in [2.05, 4.69) is 0 Å². The Hall–Kier alpha value is -0.850. The van der Waals surface area contributed by atoms with Gasteiger partial charge in [0.15, 0.2) is 0 Å². The first-order valence-corrected chi connectivity index (χ1v) is 1.04. The van der Waals surface area contributed by atoms with E-state index in [9.17, 15) is 0 Å². The van der Waals surface area contributed by atoms with E-state index < -0.39 is 6.16 Å². The summed E-state index contributed by atoms with van der Waals surface area (Å²) in [4.78, 5) is 8.44. The molecule has 0 spiro atoms. The highest BCUT2D eigenvalue weighted by Crippen LogP contribution is 1.32. The monoisotopic (exact) mass is 128 g/mol. The fourth-order valence-corrected chi connectivity index (χ4v) is 0. The maximum atomic E-state index is 8.44. The lowest BCUT2D eigenvalue weighted by Gasteiger charge is -1.74. The summed E-state index contributed by atoms with van der Waals surface area (Å²) in [6, 6.07) is 0. The van der Waals surface area contributed by atoms with Gasteiger partial charge in [-0.25, -0.2) is 0 Å². The van der Waals surface area contributed by atoms with E-state index in [0.717, 1.165) is 7.11 Å². The maximum absolute atomic E-state index is 8.44. The first kappa shape index (κ1) is 27.3. The van der Waals surface area contributed by atoms with Gasteiger partial charge in [0.05, 0.1) is 0 Å². The summed E-state index contributed by atoms with van der Waals surface area (Å²) in [7, 11) is 0.750. The second kappa shape index (κ2) is 35.3. The molecule has 6 nitrogen and oxygen atoms in total. The smallest absolute Gasteiger partial charge is 0.249 e. The van der Waals surface area contributed by atoms with Crippen LogP contribution in [0.5, 0.6) is 0 Å². The standard InChI is InChI=1S/CH2O3.CH3O.2H3N/c2-1(3)4;1-2;;/h(H2,2,3,4);1H3;2*1H3/q;-1;;/p+1. The molecule has 0 amide bonds. The molecule has 0 aromatic heterocycles. The molecule has 0 aliphatic carbocycles. The van der Waals surface area contributed by atoms with Gasteiger partial charge in [0.1, 0.15) is 0 Å². The molecule has 54 valence electrons. The summed E-state index contributed by atoms with van der Waals surface area (Å²) in [5.41, 5.74) is 0. The lowest BCUT2D eigenvalue weighted by molar-refractivity contribution is -0.325. The minimum Gasteiger partial charge on any atom is -0.857 e. The van der Waals surface area contributed by atoms with Crippen molar-refractivity contribution in [3.8, 4) is 0 Å². The molecule has 0 saturated carbocycles. The molecule has 0 aromatic rings. The van der Waals surface area contributed by atoms with Crippen LogP contribution in [0.3, 0.4) is 0 Å². The van der Waals surface area contributed by atoms with Crippen LogP contribution in [-0.2, 0) is 0 Å². The molecule has 0 aliphatic rings. The second-order valence-electron chi connectivity index (χ2n) is 0.266. The van der Waals surface area contributed by atoms with Crippen molar-refractivity contribution in [2.45, 2.75) is 0 Å². The van der Waals surface area contributed by atoms with Crippen LogP contribution in [0.4, 0.5) is 4.79 Å². The van der Waals surface area contributed by atoms with Gasteiger partial charge in [0, 0.05) is 0 Å². The molecule has 0 saturated heterocycles. The van der Waals surface area contributed by atoms with Gasteiger partial charge in [0.25, 0.3) is 0 Å². The van der Waals surface area contributed by atoms with Crippen molar-refractivity contribution < 1.29 is 20.1 Å². The summed E-state index contributed by atoms with van der Waals surface area (Å²) in [6.45, 7) is 0. The van der Waals surface area contributed by atoms with Crippen LogP contribution in [0.15, 0.2) is 0 Å². The number of carboxylic acid groups (broad SMARTS) is 2. The summed E-state index contributed by atoms with van der Waals surface area (Å²) >= 11 is 0. The van der Waals surface area contributed by atoms with Crippen LogP contribution in [-0.4, -0.2) is 18.4 Å². The molecule has 0 bridgehead atoms. The van der Waals surface area contributed by atoms with E-state index in [1.54, 1.807) is 0 Å². The molecule has 0 unspecified atom stereocenters. The summed E-state index contributed by atoms with van der Waals surface area (Å²) in [5.74, 6) is 0. The van der Waals surface area contributed by atoms with E-state index in [1.165, 1.54) is 0 Å². The van der Waals surface area contributed by atoms with E-state index in [1.807, 2.05) is 0 Å². The van der Waals surface area contributed by atoms with Gasteiger partial charge >= 0.3 is 0 Å². The first-order valence-electron chi connectivity index (χ1n) is 1.04. The van der Waals surface area contributed by atoms with Gasteiger partial charge in [-0.3, -0.25) is 0 Å². The Bertz CT molecular complexity index is 35.0. The molecule has 0 radical (unpaired) electrons. The molecule has 0 heterocycles. The van der Waals surface area contributed by atoms with Gasteiger partial charge in [-0.2, -0.15) is 7.11 Å². The van der Waals surface area contributed by atoms with Crippen LogP contribution < -0.4 is 22.5 Å². The average Bonchev–Trinajstić information content (AvgIpc) is 1.41. The van der Waals surface area contributed by atoms with Crippen molar-refractivity contribution in [3.63, 3.8) is 0 Å². The van der Waals surface area contributed by atoms with Crippen molar-refractivity contribution in [2.75, 3.05) is 7.11 Å². The lowest BCUT2D eigenvalue weighted by atomic mass is 11.5. The third-order valence-electron chi connectivity index (χ3n) is 0. The number of quaternary nitrogens is 2. The Balaban J connectivity index is -0.0000000183. The molecule has 6 heteroatoms. The third kappa shape index (κ3) is 123. The van der Waals surface area contributed by atoms with Crippen LogP contribution in [0.1, 0.15) is 0 Å². The Kier molecular flexibility index (Phi) is 120. The average molecular weight is 128 g/mol. The maximum Gasteiger partial charge on any atom is 0.249 e. The predicted octanol–water partition coefficient (Wildman–Crippen LogP) is -1.38. The highest BCUT2D eigenvalue weighted by molar-refractivity contribution is 5.50. The second-order valence-corrected chi connectivity index (χ2v) is 0.266. The fraction of sp³-hybridized carbons (Fsp3) is 0.500. The Morgan fingerprint density at radius 2 is 1.38 bits per heavy atom. The van der Waals surface area contributed by atoms with Gasteiger partial charge in [-0.1, -0.05) is 0 Å². The molecule has 9 N–H and O–H groups in total. The van der Waals surface area contributed by atoms with E-state index >= 15 is 0 Å². The van der Waals surface area contributed by atoms with Crippen molar-refractivity contribution in [2.24, 2.45) is 0 Å². The largest absolute Gasteiger partial charge is 0.857 e. The van der Waals surface area contributed by atoms with Crippen molar-refractivity contribution in [1.29, 1.82) is 0 Å². The number of rotatable bonds is 0. The molecule has 0 aromatic carbocycles. The molecule has 0 aliphatic heterocycles. The minimum atomic E-state index is -2.08. The SMILES string of the molecule is C[O-].O=C([O-])O.[NH4+].[NH4+]. The lowest BCUT2D eigenvalue weighted by Crippen LogP contribution is -2.17. The Morgan fingerprint density at radius 1 is 1.38 bits per heavy atom. The van der Waals surface area contributed by atoms with Crippen LogP contribution in [0.2, 0.25) is 0 Å². The molecule has 0 atom stereocenters. The molecular formula is C2H12N2O4. The highest BCUT2D eigenvalue weighted by Gasteiger charge is 1.51. The van der Waals surface area contributed by atoms with Crippen LogP contribution >= 0.6 is 0 Å². The number of hydrogen-bond donors (Lipinski definition) is 3. The summed E-state index contributed by atoms with van der Waals surface area (Å²) in [5, 5.41) is 23.6. The van der Waals surface area contributed by atoms with Gasteiger partial charge in [-0.05, 0) is 0 Å². The zero-order chi connectivity index (χ0) is 5.58. The third-order valence-corrected chi connectivity index (χ3v) is 0. The zero-order valence-electron chi connectivity index (χ0n) is 5.17. The highest BCUT2D eigenvalue weighted by atomic mass is 16.6. The zero-order valence-corrected chi connectivity index (χ0v) is 5.17. The normalized spacial score (nSPS) is 3.75. The Labute approximate surface area is 46.9 Å². The van der Waals surface area contributed by atoms with Crippen molar-refractivity contribution in [1.82, 2.24) is 12.3 Å². The number of hydrogen-bond acceptors (Lipinski definition) is 3. The fourth-order valence-electron chi connectivity index (χ4n) is 0. The van der Waals surface area contributed by atoms with E-state index in [0.29, 0.717) is 0 Å². The Morgan fingerprint density at radius 3 is 1.38 bits per heavy atom. The topological polar surface area (TPSA) is 156 Å². The van der Waals surface area contributed by atoms with Gasteiger partial charge in [-0.15, -0.1) is 0 Å². The van der Waals surface area contributed by atoms with Crippen LogP contribution in [0, 0.1) is 0 Å². The van der Waals surface area contributed by atoms with Crippen molar-refractivity contribution in [3.05, 3.63) is 0 Å². The predicted molar refractivity (Wildman–Crippen MR) is 25.9 cm³/mol. The molecule has 0 rings (SSSR count). The molecular weight excluding hydrogens is 116 g/mol. The number of carbonyl (C=O) groups is 1.